The highest BCUT2D eigenvalue weighted by Gasteiger charge is 2.34. The van der Waals surface area contributed by atoms with Crippen LogP contribution in [0.4, 0.5) is 4.79 Å². The van der Waals surface area contributed by atoms with E-state index in [1.807, 2.05) is 0 Å². The molecule has 5 heteroatoms. The highest BCUT2D eigenvalue weighted by molar-refractivity contribution is 5.89. The molecule has 1 amide bonds. The summed E-state index contributed by atoms with van der Waals surface area (Å²) in [5.41, 5.74) is 0.205. The van der Waals surface area contributed by atoms with E-state index >= 15 is 0 Å². The molecule has 0 aromatic carbocycles. The van der Waals surface area contributed by atoms with Crippen LogP contribution in [0.3, 0.4) is 0 Å². The number of Topliss-reactive ketones (excluding diaryl/α,β-unsaturated/α-hetero) is 1. The Bertz CT molecular complexity index is 370. The average Bonchev–Trinajstić information content (AvgIpc) is 2.25. The quantitative estimate of drug-likeness (QED) is 0.737. The van der Waals surface area contributed by atoms with Crippen LogP contribution in [0.25, 0.3) is 0 Å². The molecule has 1 fully saturated rings. The Hall–Kier alpha value is -1.36. The summed E-state index contributed by atoms with van der Waals surface area (Å²) in [5, 5.41) is 0. The van der Waals surface area contributed by atoms with Crippen LogP contribution >= 0.6 is 0 Å². The molecule has 0 spiro atoms. The number of carbonyl (C=O) groups is 2. The van der Waals surface area contributed by atoms with Gasteiger partial charge in [0, 0.05) is 13.0 Å². The van der Waals surface area contributed by atoms with Gasteiger partial charge < -0.3 is 9.47 Å². The summed E-state index contributed by atoms with van der Waals surface area (Å²) in [6.07, 6.45) is -0.205. The van der Waals surface area contributed by atoms with Crippen molar-refractivity contribution in [3.63, 3.8) is 0 Å². The fraction of sp³-hybridized carbons (Fsp3) is 0.714. The predicted molar refractivity (Wildman–Crippen MR) is 72.0 cm³/mol. The Morgan fingerprint density at radius 3 is 2.58 bits per heavy atom. The lowest BCUT2D eigenvalue weighted by Gasteiger charge is -2.35. The summed E-state index contributed by atoms with van der Waals surface area (Å²) >= 11 is 0. The molecule has 0 bridgehead atoms. The van der Waals surface area contributed by atoms with Crippen molar-refractivity contribution >= 4 is 11.9 Å². The smallest absolute Gasteiger partial charge is 0.411 e. The molecular weight excluding hydrogens is 246 g/mol. The molecule has 1 unspecified atom stereocenters. The summed E-state index contributed by atoms with van der Waals surface area (Å²) in [6, 6.07) is -0.569. The lowest BCUT2D eigenvalue weighted by atomic mass is 10.0. The highest BCUT2D eigenvalue weighted by Crippen LogP contribution is 2.17. The van der Waals surface area contributed by atoms with E-state index in [0.29, 0.717) is 13.2 Å². The zero-order valence-corrected chi connectivity index (χ0v) is 12.2. The molecular formula is C14H23NO4. The van der Waals surface area contributed by atoms with E-state index in [4.69, 9.17) is 9.47 Å². The monoisotopic (exact) mass is 269 g/mol. The number of morpholine rings is 1. The van der Waals surface area contributed by atoms with Gasteiger partial charge in [0.2, 0.25) is 0 Å². The summed E-state index contributed by atoms with van der Waals surface area (Å²) in [4.78, 5) is 25.6. The number of ketones is 1. The second kappa shape index (κ2) is 6.19. The molecule has 108 valence electrons. The lowest BCUT2D eigenvalue weighted by Crippen LogP contribution is -2.53. The fourth-order valence-corrected chi connectivity index (χ4v) is 1.82. The van der Waals surface area contributed by atoms with Gasteiger partial charge in [0.05, 0.1) is 13.2 Å². The minimum Gasteiger partial charge on any atom is -0.444 e. The Labute approximate surface area is 114 Å². The molecule has 0 saturated carbocycles. The number of allylic oxidation sites excluding steroid dienone is 1. The van der Waals surface area contributed by atoms with Gasteiger partial charge >= 0.3 is 6.09 Å². The molecule has 0 aromatic heterocycles. The van der Waals surface area contributed by atoms with Crippen molar-refractivity contribution in [2.45, 2.75) is 45.8 Å². The molecule has 0 radical (unpaired) electrons. The summed E-state index contributed by atoms with van der Waals surface area (Å²) < 4.78 is 10.6. The summed E-state index contributed by atoms with van der Waals surface area (Å²) in [7, 11) is 0. The molecule has 1 rings (SSSR count). The van der Waals surface area contributed by atoms with Crippen LogP contribution in [0.2, 0.25) is 0 Å². The third-order valence-corrected chi connectivity index (χ3v) is 2.60. The molecule has 1 aliphatic rings. The maximum Gasteiger partial charge on any atom is 0.411 e. The first kappa shape index (κ1) is 15.7. The maximum atomic E-state index is 12.1. The second-order valence-electron chi connectivity index (χ2n) is 5.86. The number of rotatable bonds is 3. The Kier molecular flexibility index (Phi) is 5.11. The number of ether oxygens (including phenoxy) is 2. The van der Waals surface area contributed by atoms with Crippen LogP contribution in [0, 0.1) is 0 Å². The molecule has 5 nitrogen and oxygen atoms in total. The van der Waals surface area contributed by atoms with Crippen molar-refractivity contribution in [3.05, 3.63) is 12.2 Å². The van der Waals surface area contributed by atoms with E-state index < -0.39 is 17.7 Å². The van der Waals surface area contributed by atoms with Crippen LogP contribution in [0.15, 0.2) is 12.2 Å². The van der Waals surface area contributed by atoms with Crippen LogP contribution < -0.4 is 0 Å². The zero-order valence-electron chi connectivity index (χ0n) is 12.2. The lowest BCUT2D eigenvalue weighted by molar-refractivity contribution is -0.129. The number of hydrogen-bond donors (Lipinski definition) is 0. The minimum absolute atomic E-state index is 0.0574. The van der Waals surface area contributed by atoms with Gasteiger partial charge in [0.25, 0.3) is 0 Å². The van der Waals surface area contributed by atoms with Crippen LogP contribution in [0.5, 0.6) is 0 Å². The highest BCUT2D eigenvalue weighted by atomic mass is 16.6. The van der Waals surface area contributed by atoms with Crippen molar-refractivity contribution in [2.75, 3.05) is 19.8 Å². The number of hydrogen-bond acceptors (Lipinski definition) is 4. The van der Waals surface area contributed by atoms with Gasteiger partial charge in [-0.15, -0.1) is 0 Å². The summed E-state index contributed by atoms with van der Waals surface area (Å²) in [6.45, 7) is 11.9. The van der Waals surface area contributed by atoms with E-state index in [0.717, 1.165) is 5.57 Å². The van der Waals surface area contributed by atoms with Gasteiger partial charge in [0.15, 0.2) is 5.78 Å². The first-order valence-electron chi connectivity index (χ1n) is 6.45. The molecule has 1 aliphatic heterocycles. The predicted octanol–water partition coefficient (Wildman–Crippen LogP) is 2.16. The topological polar surface area (TPSA) is 55.8 Å². The van der Waals surface area contributed by atoms with Crippen LogP contribution in [0.1, 0.15) is 34.1 Å². The van der Waals surface area contributed by atoms with E-state index in [9.17, 15) is 9.59 Å². The average molecular weight is 269 g/mol. The maximum absolute atomic E-state index is 12.1. The standard InChI is InChI=1S/C14H23NO4/c1-10(2)8-12(16)11-9-18-7-6-15(11)13(17)19-14(3,4)5/h11H,1,6-9H2,2-5H3. The molecule has 0 aliphatic carbocycles. The molecule has 19 heavy (non-hydrogen) atoms. The first-order valence-corrected chi connectivity index (χ1v) is 6.45. The Morgan fingerprint density at radius 1 is 1.42 bits per heavy atom. The van der Waals surface area contributed by atoms with Crippen LogP contribution in [-0.4, -0.2) is 48.2 Å². The van der Waals surface area contributed by atoms with Gasteiger partial charge in [-0.05, 0) is 27.7 Å². The molecule has 1 saturated heterocycles. The molecule has 0 aromatic rings. The third-order valence-electron chi connectivity index (χ3n) is 2.60. The van der Waals surface area contributed by atoms with Gasteiger partial charge in [-0.1, -0.05) is 12.2 Å². The number of carbonyl (C=O) groups excluding carboxylic acids is 2. The van der Waals surface area contributed by atoms with E-state index in [1.54, 1.807) is 27.7 Å². The minimum atomic E-state index is -0.572. The van der Waals surface area contributed by atoms with Crippen LogP contribution in [-0.2, 0) is 14.3 Å². The third kappa shape index (κ3) is 5.03. The number of nitrogens with zero attached hydrogens (tertiary/aromatic N) is 1. The van der Waals surface area contributed by atoms with Gasteiger partial charge in [-0.3, -0.25) is 9.69 Å². The van der Waals surface area contributed by atoms with Crippen molar-refractivity contribution in [1.29, 1.82) is 0 Å². The van der Waals surface area contributed by atoms with E-state index in [2.05, 4.69) is 6.58 Å². The van der Waals surface area contributed by atoms with Crippen molar-refractivity contribution in [2.24, 2.45) is 0 Å². The SMILES string of the molecule is C=C(C)CC(=O)C1COCCN1C(=O)OC(C)(C)C. The fourth-order valence-electron chi connectivity index (χ4n) is 1.82. The van der Waals surface area contributed by atoms with Gasteiger partial charge in [-0.25, -0.2) is 4.79 Å². The van der Waals surface area contributed by atoms with Crippen molar-refractivity contribution < 1.29 is 19.1 Å². The zero-order chi connectivity index (χ0) is 14.6. The van der Waals surface area contributed by atoms with Crippen molar-refractivity contribution in [1.82, 2.24) is 4.90 Å². The first-order chi connectivity index (χ1) is 8.70. The Morgan fingerprint density at radius 2 is 2.05 bits per heavy atom. The number of amides is 1. The van der Waals surface area contributed by atoms with Crippen molar-refractivity contribution in [3.8, 4) is 0 Å². The van der Waals surface area contributed by atoms with Gasteiger partial charge in [-0.2, -0.15) is 0 Å². The molecule has 1 heterocycles. The van der Waals surface area contributed by atoms with E-state index in [1.165, 1.54) is 4.90 Å². The normalized spacial score (nSPS) is 20.0. The van der Waals surface area contributed by atoms with E-state index in [-0.39, 0.29) is 18.8 Å². The largest absolute Gasteiger partial charge is 0.444 e. The van der Waals surface area contributed by atoms with Gasteiger partial charge in [0.1, 0.15) is 11.6 Å². The Balaban J connectivity index is 2.74. The molecule has 0 N–H and O–H groups in total. The summed E-state index contributed by atoms with van der Waals surface area (Å²) in [5.74, 6) is -0.0574. The molecule has 1 atom stereocenters. The second-order valence-corrected chi connectivity index (χ2v) is 5.86.